The minimum absolute atomic E-state index is 0.499. The summed E-state index contributed by atoms with van der Waals surface area (Å²) in [6, 6.07) is 7.06. The van der Waals surface area contributed by atoms with Gasteiger partial charge in [0.2, 0.25) is 0 Å². The van der Waals surface area contributed by atoms with E-state index in [1.165, 1.54) is 0 Å². The van der Waals surface area contributed by atoms with Crippen molar-refractivity contribution >= 4 is 0 Å². The molecule has 0 bridgehead atoms. The summed E-state index contributed by atoms with van der Waals surface area (Å²) in [5.41, 5.74) is 1.13. The van der Waals surface area contributed by atoms with Crippen LogP contribution in [0.3, 0.4) is 0 Å². The highest BCUT2D eigenvalue weighted by Crippen LogP contribution is 2.06. The molecule has 90 valence electrons. The van der Waals surface area contributed by atoms with Crippen LogP contribution in [-0.4, -0.2) is 35.6 Å². The highest BCUT2D eigenvalue weighted by Gasteiger charge is 2.16. The molecule has 0 aromatic carbocycles. The second-order valence-corrected chi connectivity index (χ2v) is 4.32. The highest BCUT2D eigenvalue weighted by atomic mass is 15.2. The van der Waals surface area contributed by atoms with Gasteiger partial charge in [-0.2, -0.15) is 0 Å². The van der Waals surface area contributed by atoms with Gasteiger partial charge in [-0.15, -0.1) is 0 Å². The quantitative estimate of drug-likeness (QED) is 0.795. The van der Waals surface area contributed by atoms with Crippen LogP contribution in [0.2, 0.25) is 0 Å². The molecule has 16 heavy (non-hydrogen) atoms. The third kappa shape index (κ3) is 3.91. The lowest BCUT2D eigenvalue weighted by Gasteiger charge is -2.30. The van der Waals surface area contributed by atoms with Gasteiger partial charge < -0.3 is 5.32 Å². The molecule has 0 spiro atoms. The molecule has 0 aliphatic rings. The Bertz CT molecular complexity index is 286. The molecule has 0 radical (unpaired) electrons. The summed E-state index contributed by atoms with van der Waals surface area (Å²) in [6.45, 7) is 8.53. The van der Waals surface area contributed by atoms with Crippen LogP contribution in [0, 0.1) is 0 Å². The minimum Gasteiger partial charge on any atom is -0.313 e. The van der Waals surface area contributed by atoms with E-state index >= 15 is 0 Å². The highest BCUT2D eigenvalue weighted by molar-refractivity contribution is 5.03. The van der Waals surface area contributed by atoms with Gasteiger partial charge in [-0.3, -0.25) is 9.88 Å². The smallest absolute Gasteiger partial charge is 0.0543 e. The van der Waals surface area contributed by atoms with Gasteiger partial charge in [-0.25, -0.2) is 0 Å². The third-order valence-electron chi connectivity index (χ3n) is 3.08. The van der Waals surface area contributed by atoms with Crippen molar-refractivity contribution in [1.29, 1.82) is 0 Å². The van der Waals surface area contributed by atoms with E-state index in [-0.39, 0.29) is 0 Å². The Kier molecular flexibility index (Phi) is 5.43. The molecule has 0 aliphatic carbocycles. The predicted octanol–water partition coefficient (Wildman–Crippen LogP) is 1.90. The van der Waals surface area contributed by atoms with E-state index in [1.54, 1.807) is 0 Å². The Morgan fingerprint density at radius 1 is 1.38 bits per heavy atom. The van der Waals surface area contributed by atoms with Crippen molar-refractivity contribution in [1.82, 2.24) is 15.2 Å². The third-order valence-corrected chi connectivity index (χ3v) is 3.08. The molecule has 1 aromatic heterocycles. The zero-order chi connectivity index (χ0) is 12.0. The topological polar surface area (TPSA) is 28.2 Å². The van der Waals surface area contributed by atoms with E-state index < -0.39 is 0 Å². The van der Waals surface area contributed by atoms with Crippen molar-refractivity contribution in [2.24, 2.45) is 0 Å². The fraction of sp³-hybridized carbons (Fsp3) is 0.615. The largest absolute Gasteiger partial charge is 0.313 e. The van der Waals surface area contributed by atoms with E-state index in [9.17, 15) is 0 Å². The first-order valence-corrected chi connectivity index (χ1v) is 5.98. The zero-order valence-electron chi connectivity index (χ0n) is 10.8. The second-order valence-electron chi connectivity index (χ2n) is 4.32. The second kappa shape index (κ2) is 6.61. The van der Waals surface area contributed by atoms with Gasteiger partial charge in [0.25, 0.3) is 0 Å². The van der Waals surface area contributed by atoms with Crippen LogP contribution in [0.15, 0.2) is 24.4 Å². The van der Waals surface area contributed by atoms with Crippen molar-refractivity contribution in [2.75, 3.05) is 13.6 Å². The summed E-state index contributed by atoms with van der Waals surface area (Å²) in [6.07, 6.45) is 1.85. The predicted molar refractivity (Wildman–Crippen MR) is 68.3 cm³/mol. The molecule has 0 saturated heterocycles. The Hall–Kier alpha value is -0.930. The van der Waals surface area contributed by atoms with Crippen molar-refractivity contribution < 1.29 is 0 Å². The average Bonchev–Trinajstić information content (AvgIpc) is 2.29. The van der Waals surface area contributed by atoms with Gasteiger partial charge in [-0.1, -0.05) is 13.0 Å². The molecule has 1 rings (SSSR count). The molecule has 3 nitrogen and oxygen atoms in total. The van der Waals surface area contributed by atoms with Crippen LogP contribution in [0.4, 0.5) is 0 Å². The molecule has 0 amide bonds. The maximum atomic E-state index is 4.34. The van der Waals surface area contributed by atoms with Crippen LogP contribution in [0.5, 0.6) is 0 Å². The summed E-state index contributed by atoms with van der Waals surface area (Å²) < 4.78 is 0. The first-order chi connectivity index (χ1) is 7.65. The Morgan fingerprint density at radius 2 is 2.12 bits per heavy atom. The van der Waals surface area contributed by atoms with E-state index in [1.807, 2.05) is 18.3 Å². The van der Waals surface area contributed by atoms with E-state index in [2.05, 4.69) is 49.1 Å². The molecule has 0 fully saturated rings. The van der Waals surface area contributed by atoms with Gasteiger partial charge in [-0.05, 0) is 39.6 Å². The van der Waals surface area contributed by atoms with E-state index in [4.69, 9.17) is 0 Å². The summed E-state index contributed by atoms with van der Waals surface area (Å²) in [5.74, 6) is 0. The van der Waals surface area contributed by atoms with Gasteiger partial charge in [0.1, 0.15) is 0 Å². The molecular weight excluding hydrogens is 198 g/mol. The van der Waals surface area contributed by atoms with Crippen LogP contribution >= 0.6 is 0 Å². The van der Waals surface area contributed by atoms with E-state index in [0.29, 0.717) is 12.1 Å². The molecule has 2 unspecified atom stereocenters. The molecule has 0 saturated carbocycles. The first-order valence-electron chi connectivity index (χ1n) is 5.98. The fourth-order valence-corrected chi connectivity index (χ4v) is 1.77. The number of hydrogen-bond acceptors (Lipinski definition) is 3. The lowest BCUT2D eigenvalue weighted by atomic mass is 10.1. The number of nitrogens with zero attached hydrogens (tertiary/aromatic N) is 2. The molecule has 2 atom stereocenters. The van der Waals surface area contributed by atoms with Crippen molar-refractivity contribution in [3.05, 3.63) is 30.1 Å². The van der Waals surface area contributed by atoms with Crippen molar-refractivity contribution in [3.63, 3.8) is 0 Å². The summed E-state index contributed by atoms with van der Waals surface area (Å²) in [7, 11) is 2.15. The Balaban J connectivity index is 2.48. The standard InChI is InChI=1S/C13H23N3/c1-5-14-11(2)12(3)16(4)10-13-8-6-7-9-15-13/h6-9,11-12,14H,5,10H2,1-4H3. The van der Waals surface area contributed by atoms with Crippen molar-refractivity contribution in [3.8, 4) is 0 Å². The molecule has 3 heteroatoms. The van der Waals surface area contributed by atoms with Crippen LogP contribution in [0.1, 0.15) is 26.5 Å². The summed E-state index contributed by atoms with van der Waals surface area (Å²) in [4.78, 5) is 6.67. The zero-order valence-corrected chi connectivity index (χ0v) is 10.8. The SMILES string of the molecule is CCNC(C)C(C)N(C)Cc1ccccn1. The maximum Gasteiger partial charge on any atom is 0.0543 e. The lowest BCUT2D eigenvalue weighted by molar-refractivity contribution is 0.205. The number of pyridine rings is 1. The molecule has 0 aliphatic heterocycles. The summed E-state index contributed by atoms with van der Waals surface area (Å²) in [5, 5.41) is 3.45. The van der Waals surface area contributed by atoms with Gasteiger partial charge in [0.05, 0.1) is 5.69 Å². The van der Waals surface area contributed by atoms with Crippen LogP contribution in [0.25, 0.3) is 0 Å². The van der Waals surface area contributed by atoms with E-state index in [0.717, 1.165) is 18.8 Å². The molecule has 1 N–H and O–H groups in total. The number of aromatic nitrogens is 1. The van der Waals surface area contributed by atoms with Crippen molar-refractivity contribution in [2.45, 2.75) is 39.4 Å². The normalized spacial score (nSPS) is 15.1. The molecule has 1 aromatic rings. The number of likely N-dealkylation sites (N-methyl/N-ethyl adjacent to an activating group) is 2. The number of rotatable bonds is 6. The number of nitrogens with one attached hydrogen (secondary N) is 1. The molecule has 1 heterocycles. The van der Waals surface area contributed by atoms with Crippen LogP contribution in [-0.2, 0) is 6.54 Å². The number of hydrogen-bond donors (Lipinski definition) is 1. The fourth-order valence-electron chi connectivity index (χ4n) is 1.77. The monoisotopic (exact) mass is 221 g/mol. The van der Waals surface area contributed by atoms with Gasteiger partial charge >= 0.3 is 0 Å². The summed E-state index contributed by atoms with van der Waals surface area (Å²) >= 11 is 0. The Morgan fingerprint density at radius 3 is 2.69 bits per heavy atom. The van der Waals surface area contributed by atoms with Gasteiger partial charge in [0, 0.05) is 24.8 Å². The Labute approximate surface area is 98.9 Å². The maximum absolute atomic E-state index is 4.34. The minimum atomic E-state index is 0.499. The molecular formula is C13H23N3. The first kappa shape index (κ1) is 13.1. The lowest BCUT2D eigenvalue weighted by Crippen LogP contribution is -2.44. The van der Waals surface area contributed by atoms with Crippen LogP contribution < -0.4 is 5.32 Å². The average molecular weight is 221 g/mol. The van der Waals surface area contributed by atoms with Gasteiger partial charge in [0.15, 0.2) is 0 Å².